The van der Waals surface area contributed by atoms with Gasteiger partial charge in [-0.2, -0.15) is 0 Å². The lowest BCUT2D eigenvalue weighted by molar-refractivity contribution is -0.114. The Morgan fingerprint density at radius 3 is 2.57 bits per heavy atom. The second-order valence-electron chi connectivity index (χ2n) is 4.18. The van der Waals surface area contributed by atoms with Crippen molar-refractivity contribution in [2.45, 2.75) is 6.92 Å². The van der Waals surface area contributed by atoms with E-state index in [1.54, 1.807) is 23.6 Å². The number of nitrogens with one attached hydrogen (secondary N) is 2. The van der Waals surface area contributed by atoms with Crippen molar-refractivity contribution >= 4 is 40.5 Å². The third kappa shape index (κ3) is 3.67. The third-order valence-corrected chi connectivity index (χ3v) is 3.46. The van der Waals surface area contributed by atoms with Crippen LogP contribution in [0.4, 0.5) is 11.4 Å². The minimum Gasteiger partial charge on any atom is -0.477 e. The van der Waals surface area contributed by atoms with Crippen molar-refractivity contribution in [3.63, 3.8) is 0 Å². The maximum Gasteiger partial charge on any atom is 0.348 e. The monoisotopic (exact) mass is 304 g/mol. The molecular weight excluding hydrogens is 292 g/mol. The molecule has 3 N–H and O–H groups in total. The number of hydrogen-bond donors (Lipinski definition) is 3. The van der Waals surface area contributed by atoms with Crippen molar-refractivity contribution in [3.05, 3.63) is 46.2 Å². The lowest BCUT2D eigenvalue weighted by Crippen LogP contribution is -2.14. The molecule has 6 nitrogen and oxygen atoms in total. The van der Waals surface area contributed by atoms with Gasteiger partial charge in [0.1, 0.15) is 4.88 Å². The molecule has 0 saturated heterocycles. The van der Waals surface area contributed by atoms with E-state index in [-0.39, 0.29) is 16.5 Å². The van der Waals surface area contributed by atoms with Crippen LogP contribution in [-0.4, -0.2) is 22.9 Å². The van der Waals surface area contributed by atoms with E-state index >= 15 is 0 Å². The van der Waals surface area contributed by atoms with E-state index in [9.17, 15) is 14.4 Å². The summed E-state index contributed by atoms with van der Waals surface area (Å²) in [5.74, 6) is -1.77. The molecule has 7 heteroatoms. The summed E-state index contributed by atoms with van der Waals surface area (Å²) in [5, 5.41) is 15.7. The summed E-state index contributed by atoms with van der Waals surface area (Å²) in [5.41, 5.74) is 1.07. The van der Waals surface area contributed by atoms with E-state index in [4.69, 9.17) is 5.11 Å². The van der Waals surface area contributed by atoms with Crippen LogP contribution in [0.25, 0.3) is 0 Å². The number of amides is 2. The minimum absolute atomic E-state index is 0.0707. The van der Waals surface area contributed by atoms with Crippen LogP contribution in [0.5, 0.6) is 0 Å². The predicted molar refractivity (Wildman–Crippen MR) is 80.0 cm³/mol. The molecule has 0 fully saturated rings. The van der Waals surface area contributed by atoms with Gasteiger partial charge in [-0.15, -0.1) is 11.3 Å². The fourth-order valence-electron chi connectivity index (χ4n) is 1.71. The van der Waals surface area contributed by atoms with Gasteiger partial charge in [0.15, 0.2) is 0 Å². The van der Waals surface area contributed by atoms with Gasteiger partial charge in [0, 0.05) is 18.2 Å². The fourth-order valence-corrected chi connectivity index (χ4v) is 2.40. The Labute approximate surface area is 124 Å². The molecule has 0 atom stereocenters. The Morgan fingerprint density at radius 2 is 1.90 bits per heavy atom. The Hall–Kier alpha value is -2.67. The molecule has 0 aliphatic heterocycles. The Balaban J connectivity index is 2.18. The molecule has 108 valence electrons. The van der Waals surface area contributed by atoms with Crippen LogP contribution in [0.3, 0.4) is 0 Å². The summed E-state index contributed by atoms with van der Waals surface area (Å²) in [7, 11) is 0. The van der Waals surface area contributed by atoms with Crippen LogP contribution < -0.4 is 10.6 Å². The first-order chi connectivity index (χ1) is 9.97. The summed E-state index contributed by atoms with van der Waals surface area (Å²) in [4.78, 5) is 34.2. The number of benzene rings is 1. The minimum atomic E-state index is -1.09. The molecule has 2 aromatic rings. The van der Waals surface area contributed by atoms with Crippen LogP contribution in [0.15, 0.2) is 35.7 Å². The van der Waals surface area contributed by atoms with Gasteiger partial charge in [0.25, 0.3) is 5.91 Å². The summed E-state index contributed by atoms with van der Waals surface area (Å²) in [6.45, 7) is 1.37. The van der Waals surface area contributed by atoms with Crippen molar-refractivity contribution in [2.24, 2.45) is 0 Å². The molecule has 1 heterocycles. The Bertz CT molecular complexity index is 709. The number of carbonyl (C=O) groups is 3. The highest BCUT2D eigenvalue weighted by molar-refractivity contribution is 7.12. The first-order valence-electron chi connectivity index (χ1n) is 5.97. The first kappa shape index (κ1) is 14.7. The molecule has 0 spiro atoms. The van der Waals surface area contributed by atoms with Crippen LogP contribution in [0.1, 0.15) is 27.0 Å². The quantitative estimate of drug-likeness (QED) is 0.809. The Morgan fingerprint density at radius 1 is 1.14 bits per heavy atom. The highest BCUT2D eigenvalue weighted by Crippen LogP contribution is 2.23. The second kappa shape index (κ2) is 6.19. The molecule has 0 unspecified atom stereocenters. The van der Waals surface area contributed by atoms with E-state index in [1.165, 1.54) is 19.1 Å². The molecule has 0 bridgehead atoms. The van der Waals surface area contributed by atoms with Crippen molar-refractivity contribution in [1.82, 2.24) is 0 Å². The topological polar surface area (TPSA) is 95.5 Å². The van der Waals surface area contributed by atoms with E-state index in [0.29, 0.717) is 11.3 Å². The van der Waals surface area contributed by atoms with Gasteiger partial charge in [-0.3, -0.25) is 9.59 Å². The van der Waals surface area contributed by atoms with Gasteiger partial charge >= 0.3 is 5.97 Å². The summed E-state index contributed by atoms with van der Waals surface area (Å²) >= 11 is 1.04. The van der Waals surface area contributed by atoms with Crippen LogP contribution >= 0.6 is 11.3 Å². The van der Waals surface area contributed by atoms with E-state index in [0.717, 1.165) is 11.3 Å². The molecule has 0 radical (unpaired) electrons. The maximum atomic E-state index is 12.1. The Kier molecular flexibility index (Phi) is 4.34. The highest BCUT2D eigenvalue weighted by atomic mass is 32.1. The van der Waals surface area contributed by atoms with Gasteiger partial charge in [-0.05, 0) is 29.6 Å². The molecule has 1 aromatic carbocycles. The lowest BCUT2D eigenvalue weighted by Gasteiger charge is -2.07. The number of thiophene rings is 1. The van der Waals surface area contributed by atoms with Gasteiger partial charge in [0.05, 0.1) is 5.69 Å². The number of aromatic carboxylic acids is 1. The molecular formula is C14H12N2O4S. The maximum absolute atomic E-state index is 12.1. The summed E-state index contributed by atoms with van der Waals surface area (Å²) < 4.78 is 0. The van der Waals surface area contributed by atoms with E-state index in [1.807, 2.05) is 0 Å². The van der Waals surface area contributed by atoms with E-state index < -0.39 is 11.9 Å². The summed E-state index contributed by atoms with van der Waals surface area (Å²) in [6, 6.07) is 7.91. The number of carbonyl (C=O) groups excluding carboxylic acids is 2. The predicted octanol–water partition coefficient (Wildman–Crippen LogP) is 2.66. The molecule has 2 rings (SSSR count). The zero-order chi connectivity index (χ0) is 15.4. The van der Waals surface area contributed by atoms with E-state index in [2.05, 4.69) is 10.6 Å². The normalized spacial score (nSPS) is 9.95. The number of carboxylic acids is 1. The average molecular weight is 304 g/mol. The van der Waals surface area contributed by atoms with Crippen molar-refractivity contribution in [1.29, 1.82) is 0 Å². The van der Waals surface area contributed by atoms with Gasteiger partial charge in [-0.25, -0.2) is 4.79 Å². The summed E-state index contributed by atoms with van der Waals surface area (Å²) in [6.07, 6.45) is 0. The molecule has 2 amide bonds. The first-order valence-corrected chi connectivity index (χ1v) is 6.85. The molecule has 0 saturated carbocycles. The molecule has 0 aliphatic carbocycles. The lowest BCUT2D eigenvalue weighted by atomic mass is 10.2. The van der Waals surface area contributed by atoms with Crippen LogP contribution in [0, 0.1) is 0 Å². The highest BCUT2D eigenvalue weighted by Gasteiger charge is 2.15. The molecule has 1 aromatic heterocycles. The van der Waals surface area contributed by atoms with Crippen molar-refractivity contribution < 1.29 is 19.5 Å². The van der Waals surface area contributed by atoms with Crippen molar-refractivity contribution in [2.75, 3.05) is 10.6 Å². The standard InChI is InChI=1S/C14H12N2O4S/c1-8(17)15-10-4-2-3-9(7-10)13(18)16-11-5-6-21-12(11)14(19)20/h2-7H,1H3,(H,15,17)(H,16,18)(H,19,20). The largest absolute Gasteiger partial charge is 0.477 e. The average Bonchev–Trinajstić information content (AvgIpc) is 2.86. The van der Waals surface area contributed by atoms with Crippen LogP contribution in [-0.2, 0) is 4.79 Å². The van der Waals surface area contributed by atoms with Gasteiger partial charge in [-0.1, -0.05) is 6.07 Å². The van der Waals surface area contributed by atoms with Gasteiger partial charge < -0.3 is 15.7 Å². The third-order valence-electron chi connectivity index (χ3n) is 2.55. The number of carboxylic acid groups (broad SMARTS) is 1. The fraction of sp³-hybridized carbons (Fsp3) is 0.0714. The van der Waals surface area contributed by atoms with Crippen molar-refractivity contribution in [3.8, 4) is 0 Å². The number of hydrogen-bond acceptors (Lipinski definition) is 4. The SMILES string of the molecule is CC(=O)Nc1cccc(C(=O)Nc2ccsc2C(=O)O)c1. The molecule has 21 heavy (non-hydrogen) atoms. The zero-order valence-corrected chi connectivity index (χ0v) is 11.9. The number of rotatable bonds is 4. The number of anilines is 2. The zero-order valence-electron chi connectivity index (χ0n) is 11.0. The van der Waals surface area contributed by atoms with Crippen LogP contribution in [0.2, 0.25) is 0 Å². The molecule has 0 aliphatic rings. The smallest absolute Gasteiger partial charge is 0.348 e. The van der Waals surface area contributed by atoms with Gasteiger partial charge in [0.2, 0.25) is 5.91 Å². The second-order valence-corrected chi connectivity index (χ2v) is 5.10.